The number of nitro benzene ring substituents is 1. The summed E-state index contributed by atoms with van der Waals surface area (Å²) in [6.07, 6.45) is 0. The highest BCUT2D eigenvalue weighted by Gasteiger charge is 2.22. The van der Waals surface area contributed by atoms with Crippen LogP contribution in [0.1, 0.15) is 17.3 Å². The predicted octanol–water partition coefficient (Wildman–Crippen LogP) is 1.59. The van der Waals surface area contributed by atoms with Gasteiger partial charge in [0.05, 0.1) is 29.7 Å². The van der Waals surface area contributed by atoms with Gasteiger partial charge in [-0.2, -0.15) is 5.26 Å². The second-order valence-electron chi connectivity index (χ2n) is 3.86. The zero-order valence-electron chi connectivity index (χ0n) is 10.8. The molecule has 0 saturated carbocycles. The monoisotopic (exact) mass is 263 g/mol. The molecule has 0 fully saturated rings. The number of methoxy groups -OCH3 is 1. The largest absolute Gasteiger partial charge is 0.496 e. The zero-order valence-corrected chi connectivity index (χ0v) is 10.8. The van der Waals surface area contributed by atoms with Gasteiger partial charge in [-0.25, -0.2) is 0 Å². The lowest BCUT2D eigenvalue weighted by atomic mass is 10.1. The van der Waals surface area contributed by atoms with Crippen molar-refractivity contribution in [3.63, 3.8) is 0 Å². The fraction of sp³-hybridized carbons (Fsp3) is 0.333. The van der Waals surface area contributed by atoms with E-state index in [1.54, 1.807) is 6.92 Å². The zero-order chi connectivity index (χ0) is 14.6. The Morgan fingerprint density at radius 1 is 1.58 bits per heavy atom. The van der Waals surface area contributed by atoms with E-state index in [0.29, 0.717) is 0 Å². The van der Waals surface area contributed by atoms with Crippen molar-refractivity contribution in [3.8, 4) is 11.8 Å². The van der Waals surface area contributed by atoms with Crippen molar-refractivity contribution in [2.75, 3.05) is 14.2 Å². The SMILES string of the molecule is COc1cc([N+](=O)[O-])ccc1C(=O)N(C)C(C)C#N. The summed E-state index contributed by atoms with van der Waals surface area (Å²) in [6.45, 7) is 1.58. The van der Waals surface area contributed by atoms with Gasteiger partial charge in [0, 0.05) is 13.1 Å². The van der Waals surface area contributed by atoms with Crippen molar-refractivity contribution in [2.45, 2.75) is 13.0 Å². The third kappa shape index (κ3) is 2.98. The maximum Gasteiger partial charge on any atom is 0.273 e. The molecule has 7 heteroatoms. The Morgan fingerprint density at radius 3 is 2.68 bits per heavy atom. The molecule has 0 aliphatic heterocycles. The Labute approximate surface area is 110 Å². The summed E-state index contributed by atoms with van der Waals surface area (Å²) >= 11 is 0. The highest BCUT2D eigenvalue weighted by atomic mass is 16.6. The lowest BCUT2D eigenvalue weighted by Gasteiger charge is -2.20. The van der Waals surface area contributed by atoms with E-state index in [-0.39, 0.29) is 17.0 Å². The maximum atomic E-state index is 12.1. The first kappa shape index (κ1) is 14.4. The van der Waals surface area contributed by atoms with Gasteiger partial charge in [0.2, 0.25) is 0 Å². The Hall–Kier alpha value is -2.62. The average molecular weight is 263 g/mol. The molecular formula is C12H13N3O4. The number of carbonyl (C=O) groups excluding carboxylic acids is 1. The van der Waals surface area contributed by atoms with Crippen LogP contribution in [0.15, 0.2) is 18.2 Å². The van der Waals surface area contributed by atoms with Gasteiger partial charge in [-0.3, -0.25) is 14.9 Å². The van der Waals surface area contributed by atoms with Crippen LogP contribution in [0.5, 0.6) is 5.75 Å². The van der Waals surface area contributed by atoms with Gasteiger partial charge in [-0.1, -0.05) is 0 Å². The van der Waals surface area contributed by atoms with Gasteiger partial charge in [0.1, 0.15) is 11.8 Å². The quantitative estimate of drug-likeness (QED) is 0.607. The third-order valence-electron chi connectivity index (χ3n) is 2.71. The number of benzene rings is 1. The molecule has 100 valence electrons. The Balaban J connectivity index is 3.17. The first-order valence-electron chi connectivity index (χ1n) is 5.41. The molecule has 19 heavy (non-hydrogen) atoms. The van der Waals surface area contributed by atoms with Crippen LogP contribution in [0.25, 0.3) is 0 Å². The molecule has 1 aromatic rings. The maximum absolute atomic E-state index is 12.1. The van der Waals surface area contributed by atoms with Crippen LogP contribution in [0, 0.1) is 21.4 Å². The highest BCUT2D eigenvalue weighted by molar-refractivity contribution is 5.97. The minimum Gasteiger partial charge on any atom is -0.496 e. The van der Waals surface area contributed by atoms with Crippen molar-refractivity contribution < 1.29 is 14.5 Å². The molecule has 0 aliphatic carbocycles. The van der Waals surface area contributed by atoms with E-state index in [0.717, 1.165) is 0 Å². The molecule has 1 unspecified atom stereocenters. The summed E-state index contributed by atoms with van der Waals surface area (Å²) in [5.41, 5.74) is 0.0158. The fourth-order valence-electron chi connectivity index (χ4n) is 1.42. The van der Waals surface area contributed by atoms with E-state index in [4.69, 9.17) is 10.00 Å². The van der Waals surface area contributed by atoms with E-state index < -0.39 is 16.9 Å². The molecule has 0 N–H and O–H groups in total. The van der Waals surface area contributed by atoms with Crippen molar-refractivity contribution in [1.29, 1.82) is 5.26 Å². The molecule has 0 radical (unpaired) electrons. The van der Waals surface area contributed by atoms with Crippen molar-refractivity contribution in [1.82, 2.24) is 4.90 Å². The standard InChI is InChI=1S/C12H13N3O4/c1-8(7-13)14(2)12(16)10-5-4-9(15(17)18)6-11(10)19-3/h4-6,8H,1-3H3. The van der Waals surface area contributed by atoms with Crippen molar-refractivity contribution in [3.05, 3.63) is 33.9 Å². The van der Waals surface area contributed by atoms with Crippen LogP contribution in [0.3, 0.4) is 0 Å². The fourth-order valence-corrected chi connectivity index (χ4v) is 1.42. The first-order chi connectivity index (χ1) is 8.92. The summed E-state index contributed by atoms with van der Waals surface area (Å²) in [7, 11) is 2.81. The summed E-state index contributed by atoms with van der Waals surface area (Å²) in [5.74, 6) is -0.322. The van der Waals surface area contributed by atoms with Crippen LogP contribution < -0.4 is 4.74 Å². The minimum absolute atomic E-state index is 0.108. The van der Waals surface area contributed by atoms with Crippen molar-refractivity contribution >= 4 is 11.6 Å². The van der Waals surface area contributed by atoms with E-state index in [1.807, 2.05) is 6.07 Å². The smallest absolute Gasteiger partial charge is 0.273 e. The van der Waals surface area contributed by atoms with Crippen LogP contribution in [0.2, 0.25) is 0 Å². The molecular weight excluding hydrogens is 250 g/mol. The number of hydrogen-bond donors (Lipinski definition) is 0. The van der Waals surface area contributed by atoms with Gasteiger partial charge < -0.3 is 9.64 Å². The second-order valence-corrected chi connectivity index (χ2v) is 3.86. The number of amides is 1. The normalized spacial score (nSPS) is 11.3. The summed E-state index contributed by atoms with van der Waals surface area (Å²) < 4.78 is 4.99. The van der Waals surface area contributed by atoms with Gasteiger partial charge in [0.15, 0.2) is 0 Å². The first-order valence-corrected chi connectivity index (χ1v) is 5.41. The van der Waals surface area contributed by atoms with Gasteiger partial charge in [-0.15, -0.1) is 0 Å². The van der Waals surface area contributed by atoms with Gasteiger partial charge in [-0.05, 0) is 13.0 Å². The molecule has 7 nitrogen and oxygen atoms in total. The number of carbonyl (C=O) groups is 1. The number of ether oxygens (including phenoxy) is 1. The summed E-state index contributed by atoms with van der Waals surface area (Å²) in [6, 6.07) is 5.06. The molecule has 1 aromatic carbocycles. The molecule has 1 atom stereocenters. The van der Waals surface area contributed by atoms with Crippen LogP contribution in [-0.2, 0) is 0 Å². The van der Waals surface area contributed by atoms with Crippen molar-refractivity contribution in [2.24, 2.45) is 0 Å². The molecule has 0 aromatic heterocycles. The lowest BCUT2D eigenvalue weighted by molar-refractivity contribution is -0.384. The molecule has 0 spiro atoms. The summed E-state index contributed by atoms with van der Waals surface area (Å²) in [4.78, 5) is 23.4. The molecule has 0 bridgehead atoms. The van der Waals surface area contributed by atoms with E-state index in [1.165, 1.54) is 37.3 Å². The number of non-ortho nitro benzene ring substituents is 1. The third-order valence-corrected chi connectivity index (χ3v) is 2.71. The molecule has 1 amide bonds. The average Bonchev–Trinajstić information content (AvgIpc) is 2.43. The number of nitrogens with zero attached hydrogens (tertiary/aromatic N) is 3. The van der Waals surface area contributed by atoms with E-state index in [2.05, 4.69) is 0 Å². The summed E-state index contributed by atoms with van der Waals surface area (Å²) in [5, 5.41) is 19.4. The molecule has 0 saturated heterocycles. The Kier molecular flexibility index (Phi) is 4.42. The molecule has 0 aliphatic rings. The van der Waals surface area contributed by atoms with Crippen LogP contribution in [-0.4, -0.2) is 35.9 Å². The Morgan fingerprint density at radius 2 is 2.21 bits per heavy atom. The van der Waals surface area contributed by atoms with E-state index in [9.17, 15) is 14.9 Å². The molecule has 0 heterocycles. The number of nitriles is 1. The highest BCUT2D eigenvalue weighted by Crippen LogP contribution is 2.25. The van der Waals surface area contributed by atoms with E-state index >= 15 is 0 Å². The topological polar surface area (TPSA) is 96.5 Å². The number of rotatable bonds is 4. The number of hydrogen-bond acceptors (Lipinski definition) is 5. The minimum atomic E-state index is -0.604. The Bertz CT molecular complexity index is 550. The predicted molar refractivity (Wildman–Crippen MR) is 66.8 cm³/mol. The molecule has 1 rings (SSSR count). The van der Waals surface area contributed by atoms with Gasteiger partial charge >= 0.3 is 0 Å². The van der Waals surface area contributed by atoms with Crippen LogP contribution in [0.4, 0.5) is 5.69 Å². The van der Waals surface area contributed by atoms with Crippen LogP contribution >= 0.6 is 0 Å². The van der Waals surface area contributed by atoms with Gasteiger partial charge in [0.25, 0.3) is 11.6 Å². The second kappa shape index (κ2) is 5.82. The lowest BCUT2D eigenvalue weighted by Crippen LogP contribution is -2.34. The number of nitro groups is 1.